The lowest BCUT2D eigenvalue weighted by atomic mass is 10.1. The Morgan fingerprint density at radius 1 is 1.42 bits per heavy atom. The molecule has 0 atom stereocenters. The fourth-order valence-electron chi connectivity index (χ4n) is 1.73. The number of alkyl halides is 3. The first-order valence-electron chi connectivity index (χ1n) is 5.84. The number of hydrogen-bond donors (Lipinski definition) is 0. The van der Waals surface area contributed by atoms with Gasteiger partial charge in [-0.15, -0.1) is 5.10 Å². The second-order valence-corrected chi connectivity index (χ2v) is 4.41. The lowest BCUT2D eigenvalue weighted by Crippen LogP contribution is -2.13. The monoisotopic (exact) mass is 279 g/mol. The van der Waals surface area contributed by atoms with Gasteiger partial charge in [0.25, 0.3) is 0 Å². The van der Waals surface area contributed by atoms with Gasteiger partial charge in [0.15, 0.2) is 5.69 Å². The fourth-order valence-corrected chi connectivity index (χ4v) is 1.73. The molecule has 0 amide bonds. The zero-order chi connectivity index (χ0) is 14.6. The molecule has 108 valence electrons. The van der Waals surface area contributed by atoms with E-state index in [4.69, 9.17) is 0 Å². The van der Waals surface area contributed by atoms with Crippen molar-refractivity contribution in [1.29, 1.82) is 0 Å². The summed E-state index contributed by atoms with van der Waals surface area (Å²) in [5, 5.41) is 7.40. The number of rotatable bonds is 5. The van der Waals surface area contributed by atoms with Crippen LogP contribution in [0.15, 0.2) is 0 Å². The van der Waals surface area contributed by atoms with Crippen LogP contribution in [0.3, 0.4) is 0 Å². The summed E-state index contributed by atoms with van der Waals surface area (Å²) >= 11 is 0. The molecule has 0 N–H and O–H groups in total. The van der Waals surface area contributed by atoms with E-state index in [2.05, 4.69) is 15.0 Å². The zero-order valence-electron chi connectivity index (χ0n) is 11.0. The molecule has 0 bridgehead atoms. The summed E-state index contributed by atoms with van der Waals surface area (Å²) in [6.07, 6.45) is -5.19. The van der Waals surface area contributed by atoms with Crippen molar-refractivity contribution in [2.75, 3.05) is 7.11 Å². The van der Waals surface area contributed by atoms with Crippen molar-refractivity contribution in [2.45, 2.75) is 45.3 Å². The van der Waals surface area contributed by atoms with Crippen molar-refractivity contribution in [3.05, 3.63) is 11.4 Å². The van der Waals surface area contributed by atoms with Crippen molar-refractivity contribution in [3.63, 3.8) is 0 Å². The molecule has 19 heavy (non-hydrogen) atoms. The van der Waals surface area contributed by atoms with E-state index in [9.17, 15) is 18.0 Å². The fraction of sp³-hybridized carbons (Fsp3) is 0.727. The van der Waals surface area contributed by atoms with Crippen LogP contribution in [-0.4, -0.2) is 34.2 Å². The molecular weight excluding hydrogens is 263 g/mol. The second kappa shape index (κ2) is 6.03. The van der Waals surface area contributed by atoms with Crippen molar-refractivity contribution in [2.24, 2.45) is 0 Å². The average molecular weight is 279 g/mol. The summed E-state index contributed by atoms with van der Waals surface area (Å²) in [5.74, 6) is -0.722. The van der Waals surface area contributed by atoms with Gasteiger partial charge in [-0.2, -0.15) is 13.2 Å². The highest BCUT2D eigenvalue weighted by Crippen LogP contribution is 2.23. The number of esters is 1. The quantitative estimate of drug-likeness (QED) is 0.777. The van der Waals surface area contributed by atoms with Crippen molar-refractivity contribution < 1.29 is 22.7 Å². The maximum atomic E-state index is 12.1. The second-order valence-electron chi connectivity index (χ2n) is 4.41. The van der Waals surface area contributed by atoms with E-state index in [1.165, 1.54) is 11.8 Å². The van der Waals surface area contributed by atoms with E-state index in [1.54, 1.807) is 0 Å². The number of methoxy groups -OCH3 is 1. The molecule has 0 unspecified atom stereocenters. The van der Waals surface area contributed by atoms with Crippen LogP contribution in [-0.2, 0) is 11.3 Å². The molecule has 0 saturated carbocycles. The van der Waals surface area contributed by atoms with Crippen LogP contribution in [0.25, 0.3) is 0 Å². The predicted octanol–water partition coefficient (Wildman–Crippen LogP) is 2.53. The third-order valence-corrected chi connectivity index (χ3v) is 2.53. The van der Waals surface area contributed by atoms with Gasteiger partial charge in [0.05, 0.1) is 12.8 Å². The Hall–Kier alpha value is -1.60. The lowest BCUT2D eigenvalue weighted by Gasteiger charge is -2.11. The molecular formula is C11H16F3N3O2. The summed E-state index contributed by atoms with van der Waals surface area (Å²) < 4.78 is 42.2. The molecule has 1 aromatic rings. The highest BCUT2D eigenvalue weighted by molar-refractivity contribution is 5.88. The van der Waals surface area contributed by atoms with E-state index >= 15 is 0 Å². The number of hydrogen-bond acceptors (Lipinski definition) is 4. The van der Waals surface area contributed by atoms with E-state index < -0.39 is 18.6 Å². The van der Waals surface area contributed by atoms with Gasteiger partial charge in [-0.3, -0.25) is 0 Å². The molecule has 8 heteroatoms. The van der Waals surface area contributed by atoms with Crippen LogP contribution in [0.2, 0.25) is 0 Å². The molecule has 0 fully saturated rings. The van der Waals surface area contributed by atoms with Crippen LogP contribution in [0.1, 0.15) is 48.8 Å². The molecule has 0 spiro atoms. The first kappa shape index (κ1) is 15.5. The van der Waals surface area contributed by atoms with Crippen LogP contribution in [0.5, 0.6) is 0 Å². The Morgan fingerprint density at radius 2 is 2.05 bits per heavy atom. The number of carbonyl (C=O) groups excluding carboxylic acids is 1. The lowest BCUT2D eigenvalue weighted by molar-refractivity contribution is -0.136. The summed E-state index contributed by atoms with van der Waals surface area (Å²) in [4.78, 5) is 11.5. The van der Waals surface area contributed by atoms with Crippen molar-refractivity contribution in [1.82, 2.24) is 15.0 Å². The Kier molecular flexibility index (Phi) is 4.90. The zero-order valence-corrected chi connectivity index (χ0v) is 11.0. The van der Waals surface area contributed by atoms with Gasteiger partial charge in [0.1, 0.15) is 0 Å². The normalized spacial score (nSPS) is 11.9. The number of carbonyl (C=O) groups is 1. The average Bonchev–Trinajstić information content (AvgIpc) is 2.70. The maximum Gasteiger partial charge on any atom is 0.389 e. The Bertz CT molecular complexity index is 441. The summed E-state index contributed by atoms with van der Waals surface area (Å²) in [5.41, 5.74) is 0.554. The van der Waals surface area contributed by atoms with E-state index in [0.717, 1.165) is 0 Å². The number of ether oxygens (including phenoxy) is 1. The summed E-state index contributed by atoms with van der Waals surface area (Å²) in [6, 6.07) is 0. The third kappa shape index (κ3) is 4.22. The minimum Gasteiger partial charge on any atom is -0.464 e. The molecule has 0 aromatic carbocycles. The van der Waals surface area contributed by atoms with Gasteiger partial charge in [-0.25, -0.2) is 9.48 Å². The minimum atomic E-state index is -4.19. The SMILES string of the molecule is COC(=O)c1nnn(CCCC(F)(F)F)c1C(C)C. The van der Waals surface area contributed by atoms with Gasteiger partial charge in [0.2, 0.25) is 0 Å². The van der Waals surface area contributed by atoms with Gasteiger partial charge >= 0.3 is 12.1 Å². The van der Waals surface area contributed by atoms with Crippen LogP contribution in [0.4, 0.5) is 13.2 Å². The molecule has 0 saturated heterocycles. The smallest absolute Gasteiger partial charge is 0.389 e. The molecule has 0 aliphatic heterocycles. The topological polar surface area (TPSA) is 57.0 Å². The third-order valence-electron chi connectivity index (χ3n) is 2.53. The first-order chi connectivity index (χ1) is 8.76. The Morgan fingerprint density at radius 3 is 2.53 bits per heavy atom. The predicted molar refractivity (Wildman–Crippen MR) is 60.7 cm³/mol. The molecule has 1 heterocycles. The van der Waals surface area contributed by atoms with Gasteiger partial charge in [0, 0.05) is 13.0 Å². The van der Waals surface area contributed by atoms with Crippen LogP contribution >= 0.6 is 0 Å². The molecule has 1 aromatic heterocycles. The Labute approximate surface area is 108 Å². The molecule has 0 radical (unpaired) electrons. The Balaban J connectivity index is 2.84. The number of nitrogens with zero attached hydrogens (tertiary/aromatic N) is 3. The number of aromatic nitrogens is 3. The standard InChI is InChI=1S/C11H16F3N3O2/c1-7(2)9-8(10(18)19-3)15-16-17(9)6-4-5-11(12,13)14/h7H,4-6H2,1-3H3. The molecule has 1 rings (SSSR count). The summed E-state index contributed by atoms with van der Waals surface area (Å²) in [7, 11) is 1.22. The van der Waals surface area contributed by atoms with Crippen LogP contribution < -0.4 is 0 Å². The van der Waals surface area contributed by atoms with E-state index in [1.807, 2.05) is 13.8 Å². The highest BCUT2D eigenvalue weighted by atomic mass is 19.4. The molecule has 5 nitrogen and oxygen atoms in total. The number of halogens is 3. The van der Waals surface area contributed by atoms with E-state index in [0.29, 0.717) is 5.69 Å². The largest absolute Gasteiger partial charge is 0.464 e. The van der Waals surface area contributed by atoms with Gasteiger partial charge in [-0.1, -0.05) is 19.1 Å². The highest BCUT2D eigenvalue weighted by Gasteiger charge is 2.27. The first-order valence-corrected chi connectivity index (χ1v) is 5.84. The van der Waals surface area contributed by atoms with Crippen molar-refractivity contribution >= 4 is 5.97 Å². The van der Waals surface area contributed by atoms with Gasteiger partial charge in [-0.05, 0) is 12.3 Å². The molecule has 0 aliphatic carbocycles. The maximum absolute atomic E-state index is 12.1. The summed E-state index contributed by atoms with van der Waals surface area (Å²) in [6.45, 7) is 3.69. The van der Waals surface area contributed by atoms with E-state index in [-0.39, 0.29) is 24.6 Å². The van der Waals surface area contributed by atoms with Crippen molar-refractivity contribution in [3.8, 4) is 0 Å². The van der Waals surface area contributed by atoms with Crippen LogP contribution in [0, 0.1) is 0 Å². The molecule has 0 aliphatic rings. The number of aryl methyl sites for hydroxylation is 1. The minimum absolute atomic E-state index is 0.0597. The van der Waals surface area contributed by atoms with Gasteiger partial charge < -0.3 is 4.74 Å².